The highest BCUT2D eigenvalue weighted by Gasteiger charge is 2.36. The number of carbonyl (C=O) groups excluding carboxylic acids is 2. The van der Waals surface area contributed by atoms with E-state index < -0.39 is 10.0 Å². The monoisotopic (exact) mass is 468 g/mol. The SMILES string of the molecule is CC(=O)c1cccc(NC(=O)c2ccc3c(c2)C[C@H](C)N3S(=O)(=O)c2ccc(Cl)cc2)c1. The molecular weight excluding hydrogens is 448 g/mol. The molecule has 0 fully saturated rings. The van der Waals surface area contributed by atoms with Gasteiger partial charge >= 0.3 is 0 Å². The third-order valence-electron chi connectivity index (χ3n) is 5.39. The van der Waals surface area contributed by atoms with Gasteiger partial charge in [0.25, 0.3) is 15.9 Å². The normalized spacial score (nSPS) is 15.3. The topological polar surface area (TPSA) is 83.6 Å². The molecule has 164 valence electrons. The highest BCUT2D eigenvalue weighted by molar-refractivity contribution is 7.92. The van der Waals surface area contributed by atoms with Crippen molar-refractivity contribution in [2.24, 2.45) is 0 Å². The number of amides is 1. The van der Waals surface area contributed by atoms with E-state index in [9.17, 15) is 18.0 Å². The lowest BCUT2D eigenvalue weighted by molar-refractivity contribution is 0.101. The van der Waals surface area contributed by atoms with Gasteiger partial charge in [0.2, 0.25) is 0 Å². The number of Topliss-reactive ketones (excluding diaryl/α,β-unsaturated/α-hetero) is 1. The van der Waals surface area contributed by atoms with Crippen LogP contribution in [0.15, 0.2) is 71.6 Å². The second-order valence-electron chi connectivity index (χ2n) is 7.74. The van der Waals surface area contributed by atoms with Crippen molar-refractivity contribution in [3.05, 3.63) is 88.4 Å². The second-order valence-corrected chi connectivity index (χ2v) is 9.99. The number of benzene rings is 3. The van der Waals surface area contributed by atoms with Crippen LogP contribution in [0.5, 0.6) is 0 Å². The standard InChI is InChI=1S/C24H21ClN2O4S/c1-15-12-19-13-18(24(29)26-21-5-3-4-17(14-21)16(2)28)6-11-23(19)27(15)32(30,31)22-9-7-20(25)8-10-22/h3-11,13-15H,12H2,1-2H3,(H,26,29)/t15-/m0/s1. The van der Waals surface area contributed by atoms with Gasteiger partial charge in [-0.25, -0.2) is 8.42 Å². The van der Waals surface area contributed by atoms with Crippen LogP contribution in [0.25, 0.3) is 0 Å². The van der Waals surface area contributed by atoms with Crippen LogP contribution in [-0.4, -0.2) is 26.2 Å². The molecule has 0 aliphatic carbocycles. The van der Waals surface area contributed by atoms with Crippen molar-refractivity contribution in [3.8, 4) is 0 Å². The summed E-state index contributed by atoms with van der Waals surface area (Å²) in [6.45, 7) is 3.30. The summed E-state index contributed by atoms with van der Waals surface area (Å²) in [6, 6.07) is 17.5. The van der Waals surface area contributed by atoms with Crippen LogP contribution in [-0.2, 0) is 16.4 Å². The molecule has 4 rings (SSSR count). The fraction of sp³-hybridized carbons (Fsp3) is 0.167. The van der Waals surface area contributed by atoms with E-state index >= 15 is 0 Å². The minimum Gasteiger partial charge on any atom is -0.322 e. The third-order valence-corrected chi connectivity index (χ3v) is 7.59. The molecule has 3 aromatic rings. The van der Waals surface area contributed by atoms with Gasteiger partial charge in [-0.2, -0.15) is 0 Å². The second kappa shape index (κ2) is 8.41. The number of nitrogens with zero attached hydrogens (tertiary/aromatic N) is 1. The van der Waals surface area contributed by atoms with Crippen LogP contribution in [0, 0.1) is 0 Å². The van der Waals surface area contributed by atoms with E-state index in [-0.39, 0.29) is 22.6 Å². The zero-order valence-corrected chi connectivity index (χ0v) is 19.1. The van der Waals surface area contributed by atoms with Gasteiger partial charge in [-0.3, -0.25) is 13.9 Å². The van der Waals surface area contributed by atoms with Crippen molar-refractivity contribution >= 4 is 44.7 Å². The lowest BCUT2D eigenvalue weighted by atomic mass is 10.1. The van der Waals surface area contributed by atoms with Crippen molar-refractivity contribution in [3.63, 3.8) is 0 Å². The molecule has 1 N–H and O–H groups in total. The van der Waals surface area contributed by atoms with E-state index in [1.54, 1.807) is 54.6 Å². The zero-order valence-electron chi connectivity index (χ0n) is 17.5. The van der Waals surface area contributed by atoms with E-state index in [0.717, 1.165) is 5.56 Å². The average Bonchev–Trinajstić information content (AvgIpc) is 3.09. The molecule has 0 saturated carbocycles. The number of ketones is 1. The van der Waals surface area contributed by atoms with Gasteiger partial charge in [-0.15, -0.1) is 0 Å². The van der Waals surface area contributed by atoms with Crippen molar-refractivity contribution in [2.75, 3.05) is 9.62 Å². The first-order chi connectivity index (χ1) is 15.2. The number of halogens is 1. The summed E-state index contributed by atoms with van der Waals surface area (Å²) < 4.78 is 27.9. The Kier molecular flexibility index (Phi) is 5.79. The lowest BCUT2D eigenvalue weighted by Crippen LogP contribution is -2.35. The van der Waals surface area contributed by atoms with Crippen LogP contribution in [0.1, 0.15) is 40.1 Å². The molecule has 1 amide bonds. The average molecular weight is 469 g/mol. The highest BCUT2D eigenvalue weighted by atomic mass is 35.5. The lowest BCUT2D eigenvalue weighted by Gasteiger charge is -2.24. The van der Waals surface area contributed by atoms with Crippen LogP contribution < -0.4 is 9.62 Å². The fourth-order valence-corrected chi connectivity index (χ4v) is 5.67. The molecule has 6 nitrogen and oxygen atoms in total. The Bertz CT molecular complexity index is 1320. The molecule has 0 radical (unpaired) electrons. The van der Waals surface area contributed by atoms with Crippen LogP contribution in [0.4, 0.5) is 11.4 Å². The summed E-state index contributed by atoms with van der Waals surface area (Å²) in [5.41, 5.74) is 2.77. The number of carbonyl (C=O) groups is 2. The van der Waals surface area contributed by atoms with E-state index in [0.29, 0.717) is 33.9 Å². The quantitative estimate of drug-likeness (QED) is 0.538. The van der Waals surface area contributed by atoms with Crippen molar-refractivity contribution < 1.29 is 18.0 Å². The van der Waals surface area contributed by atoms with Crippen LogP contribution >= 0.6 is 11.6 Å². The maximum atomic E-state index is 13.2. The molecule has 0 saturated heterocycles. The van der Waals surface area contributed by atoms with Gasteiger partial charge in [0, 0.05) is 27.9 Å². The maximum Gasteiger partial charge on any atom is 0.264 e. The molecule has 0 aromatic heterocycles. The first-order valence-corrected chi connectivity index (χ1v) is 11.8. The Hall–Kier alpha value is -3.16. The molecule has 1 aliphatic heterocycles. The smallest absolute Gasteiger partial charge is 0.264 e. The Morgan fingerprint density at radius 2 is 1.72 bits per heavy atom. The van der Waals surface area contributed by atoms with Gasteiger partial charge in [0.1, 0.15) is 0 Å². The number of anilines is 2. The van der Waals surface area contributed by atoms with E-state index in [1.807, 2.05) is 6.92 Å². The highest BCUT2D eigenvalue weighted by Crippen LogP contribution is 2.37. The number of nitrogens with one attached hydrogen (secondary N) is 1. The molecule has 3 aromatic carbocycles. The summed E-state index contributed by atoms with van der Waals surface area (Å²) in [7, 11) is -3.77. The van der Waals surface area contributed by atoms with Gasteiger partial charge in [-0.1, -0.05) is 23.7 Å². The summed E-state index contributed by atoms with van der Waals surface area (Å²) in [5, 5.41) is 3.25. The number of hydrogen-bond donors (Lipinski definition) is 1. The van der Waals surface area contributed by atoms with Crippen LogP contribution in [0.3, 0.4) is 0 Å². The predicted octanol–water partition coefficient (Wildman–Crippen LogP) is 4.93. The number of sulfonamides is 1. The molecule has 8 heteroatoms. The third kappa shape index (κ3) is 4.13. The van der Waals surface area contributed by atoms with E-state index in [2.05, 4.69) is 5.32 Å². The number of hydrogen-bond acceptors (Lipinski definition) is 4. The molecule has 0 unspecified atom stereocenters. The summed E-state index contributed by atoms with van der Waals surface area (Å²) >= 11 is 5.90. The molecule has 32 heavy (non-hydrogen) atoms. The molecule has 0 bridgehead atoms. The first kappa shape index (κ1) is 22.0. The van der Waals surface area contributed by atoms with Gasteiger partial charge in [0.05, 0.1) is 10.6 Å². The molecule has 1 atom stereocenters. The summed E-state index contributed by atoms with van der Waals surface area (Å²) in [4.78, 5) is 24.5. The maximum absolute atomic E-state index is 13.2. The number of fused-ring (bicyclic) bond motifs is 1. The first-order valence-electron chi connectivity index (χ1n) is 10.0. The zero-order chi connectivity index (χ0) is 23.0. The van der Waals surface area contributed by atoms with Crippen LogP contribution in [0.2, 0.25) is 5.02 Å². The molecule has 1 aliphatic rings. The van der Waals surface area contributed by atoms with Gasteiger partial charge in [-0.05, 0) is 80.4 Å². The van der Waals surface area contributed by atoms with Crippen molar-refractivity contribution in [1.82, 2.24) is 0 Å². The Morgan fingerprint density at radius 1 is 1.00 bits per heavy atom. The number of rotatable bonds is 5. The fourth-order valence-electron chi connectivity index (χ4n) is 3.85. The summed E-state index contributed by atoms with van der Waals surface area (Å²) in [6.07, 6.45) is 0.489. The predicted molar refractivity (Wildman–Crippen MR) is 125 cm³/mol. The van der Waals surface area contributed by atoms with E-state index in [1.165, 1.54) is 23.4 Å². The molecular formula is C24H21ClN2O4S. The van der Waals surface area contributed by atoms with Crippen molar-refractivity contribution in [2.45, 2.75) is 31.2 Å². The van der Waals surface area contributed by atoms with Crippen molar-refractivity contribution in [1.29, 1.82) is 0 Å². The summed E-state index contributed by atoms with van der Waals surface area (Å²) in [5.74, 6) is -0.422. The minimum atomic E-state index is -3.77. The Labute approximate surface area is 191 Å². The van der Waals surface area contributed by atoms with Gasteiger partial charge in [0.15, 0.2) is 5.78 Å². The molecule has 1 heterocycles. The minimum absolute atomic E-state index is 0.0883. The Balaban J connectivity index is 1.61. The largest absolute Gasteiger partial charge is 0.322 e. The molecule has 0 spiro atoms. The van der Waals surface area contributed by atoms with E-state index in [4.69, 9.17) is 11.6 Å². The van der Waals surface area contributed by atoms with Gasteiger partial charge < -0.3 is 5.32 Å². The Morgan fingerprint density at radius 3 is 2.41 bits per heavy atom.